The highest BCUT2D eigenvalue weighted by Gasteiger charge is 2.22. The Kier molecular flexibility index (Phi) is 4.46. The molecule has 0 N–H and O–H groups in total. The molecular formula is C22H23N7O2. The van der Waals surface area contributed by atoms with E-state index in [-0.39, 0.29) is 5.69 Å². The van der Waals surface area contributed by atoms with E-state index in [0.717, 1.165) is 46.7 Å². The molecule has 0 saturated carbocycles. The molecule has 0 bridgehead atoms. The smallest absolute Gasteiger partial charge is 0.351 e. The highest BCUT2D eigenvalue weighted by atomic mass is 16.5. The average molecular weight is 417 g/mol. The van der Waals surface area contributed by atoms with Gasteiger partial charge in [-0.15, -0.1) is 5.10 Å². The maximum atomic E-state index is 12.2. The van der Waals surface area contributed by atoms with Crippen molar-refractivity contribution in [1.82, 2.24) is 29.1 Å². The standard InChI is InChI=1S/C22H23N7O2/c1-13-7-19(31-4)24-10-17(13)15-8-16-12-28(6-5-18(16)23-9-15)20-14(2)11-29-21(25-20)26-27(3)22(29)30/h7-11H,5-6,12H2,1-4H3. The van der Waals surface area contributed by atoms with Crippen LogP contribution in [0.15, 0.2) is 35.5 Å². The second-order valence-corrected chi connectivity index (χ2v) is 7.87. The van der Waals surface area contributed by atoms with E-state index in [4.69, 9.17) is 9.72 Å². The van der Waals surface area contributed by atoms with Crippen LogP contribution < -0.4 is 15.3 Å². The fourth-order valence-electron chi connectivity index (χ4n) is 4.11. The predicted octanol–water partition coefficient (Wildman–Crippen LogP) is 2.07. The summed E-state index contributed by atoms with van der Waals surface area (Å²) in [4.78, 5) is 28.1. The Morgan fingerprint density at radius 2 is 1.94 bits per heavy atom. The normalized spacial score (nSPS) is 13.5. The predicted molar refractivity (Wildman–Crippen MR) is 116 cm³/mol. The number of nitrogens with zero attached hydrogens (tertiary/aromatic N) is 7. The zero-order valence-corrected chi connectivity index (χ0v) is 18.0. The number of aryl methyl sites for hydroxylation is 3. The first kappa shape index (κ1) is 19.2. The van der Waals surface area contributed by atoms with Crippen molar-refractivity contribution in [3.63, 3.8) is 0 Å². The highest BCUT2D eigenvalue weighted by Crippen LogP contribution is 2.30. The monoisotopic (exact) mass is 417 g/mol. The Hall–Kier alpha value is -3.75. The Labute approximate surface area is 179 Å². The van der Waals surface area contributed by atoms with Crippen molar-refractivity contribution in [2.24, 2.45) is 7.05 Å². The highest BCUT2D eigenvalue weighted by molar-refractivity contribution is 5.67. The molecule has 0 aliphatic carbocycles. The summed E-state index contributed by atoms with van der Waals surface area (Å²) < 4.78 is 8.01. The van der Waals surface area contributed by atoms with Gasteiger partial charge in [-0.1, -0.05) is 0 Å². The van der Waals surface area contributed by atoms with Crippen LogP contribution in [-0.2, 0) is 20.0 Å². The van der Waals surface area contributed by atoms with E-state index in [1.165, 1.54) is 14.6 Å². The summed E-state index contributed by atoms with van der Waals surface area (Å²) in [5, 5.41) is 4.23. The molecule has 1 aliphatic rings. The lowest BCUT2D eigenvalue weighted by Crippen LogP contribution is -2.32. The molecule has 158 valence electrons. The first-order valence-corrected chi connectivity index (χ1v) is 10.1. The molecule has 0 unspecified atom stereocenters. The van der Waals surface area contributed by atoms with Crippen molar-refractivity contribution >= 4 is 11.6 Å². The summed E-state index contributed by atoms with van der Waals surface area (Å²) in [7, 11) is 3.25. The fraction of sp³-hybridized carbons (Fsp3) is 0.318. The van der Waals surface area contributed by atoms with Crippen molar-refractivity contribution in [2.45, 2.75) is 26.8 Å². The quantitative estimate of drug-likeness (QED) is 0.504. The van der Waals surface area contributed by atoms with E-state index < -0.39 is 0 Å². The topological polar surface area (TPSA) is 90.4 Å². The zero-order valence-electron chi connectivity index (χ0n) is 18.0. The van der Waals surface area contributed by atoms with Gasteiger partial charge in [0.1, 0.15) is 5.82 Å². The number of hydrogen-bond donors (Lipinski definition) is 0. The van der Waals surface area contributed by atoms with Crippen LogP contribution in [0.4, 0.5) is 5.82 Å². The minimum atomic E-state index is -0.196. The maximum Gasteiger partial charge on any atom is 0.351 e. The van der Waals surface area contributed by atoms with Gasteiger partial charge in [0.2, 0.25) is 5.88 Å². The molecule has 9 nitrogen and oxygen atoms in total. The van der Waals surface area contributed by atoms with Crippen molar-refractivity contribution in [1.29, 1.82) is 0 Å². The first-order chi connectivity index (χ1) is 14.9. The number of methoxy groups -OCH3 is 1. The molecule has 4 aromatic heterocycles. The lowest BCUT2D eigenvalue weighted by Gasteiger charge is -2.30. The number of rotatable bonds is 3. The van der Waals surface area contributed by atoms with Crippen LogP contribution in [0.1, 0.15) is 22.4 Å². The minimum absolute atomic E-state index is 0.196. The Bertz CT molecular complexity index is 1370. The Morgan fingerprint density at radius 3 is 2.71 bits per heavy atom. The SMILES string of the molecule is COc1cc(C)c(-c2cnc3c(c2)CN(c2nc4nn(C)c(=O)n4cc2C)CC3)cn1. The Balaban J connectivity index is 1.50. The molecular weight excluding hydrogens is 394 g/mol. The molecule has 31 heavy (non-hydrogen) atoms. The second-order valence-electron chi connectivity index (χ2n) is 7.87. The molecule has 0 amide bonds. The molecule has 9 heteroatoms. The number of aromatic nitrogens is 6. The molecule has 5 heterocycles. The minimum Gasteiger partial charge on any atom is -0.481 e. The van der Waals surface area contributed by atoms with Crippen LogP contribution in [0.3, 0.4) is 0 Å². The summed E-state index contributed by atoms with van der Waals surface area (Å²) >= 11 is 0. The van der Waals surface area contributed by atoms with Gasteiger partial charge in [-0.2, -0.15) is 4.98 Å². The lowest BCUT2D eigenvalue weighted by atomic mass is 9.99. The van der Waals surface area contributed by atoms with Crippen LogP contribution in [0.25, 0.3) is 16.9 Å². The third kappa shape index (κ3) is 3.22. The van der Waals surface area contributed by atoms with E-state index in [9.17, 15) is 4.79 Å². The number of hydrogen-bond acceptors (Lipinski definition) is 7. The van der Waals surface area contributed by atoms with E-state index >= 15 is 0 Å². The lowest BCUT2D eigenvalue weighted by molar-refractivity contribution is 0.397. The second kappa shape index (κ2) is 7.19. The largest absolute Gasteiger partial charge is 0.481 e. The van der Waals surface area contributed by atoms with Gasteiger partial charge in [-0.3, -0.25) is 4.98 Å². The maximum absolute atomic E-state index is 12.2. The fourth-order valence-corrected chi connectivity index (χ4v) is 4.11. The molecule has 5 rings (SSSR count). The van der Waals surface area contributed by atoms with Gasteiger partial charge < -0.3 is 9.64 Å². The van der Waals surface area contributed by atoms with Crippen molar-refractivity contribution in [3.05, 3.63) is 63.6 Å². The van der Waals surface area contributed by atoms with Crippen LogP contribution in [0.2, 0.25) is 0 Å². The molecule has 0 atom stereocenters. The first-order valence-electron chi connectivity index (χ1n) is 10.1. The summed E-state index contributed by atoms with van der Waals surface area (Å²) in [5.41, 5.74) is 6.17. The molecule has 0 saturated heterocycles. The van der Waals surface area contributed by atoms with Crippen LogP contribution in [-0.4, -0.2) is 42.8 Å². The van der Waals surface area contributed by atoms with Crippen LogP contribution >= 0.6 is 0 Å². The van der Waals surface area contributed by atoms with Gasteiger partial charge in [-0.05, 0) is 31.0 Å². The van der Waals surface area contributed by atoms with Crippen LogP contribution in [0, 0.1) is 13.8 Å². The number of fused-ring (bicyclic) bond motifs is 2. The van der Waals surface area contributed by atoms with Gasteiger partial charge in [0.25, 0.3) is 5.78 Å². The van der Waals surface area contributed by atoms with Gasteiger partial charge in [0.05, 0.1) is 7.11 Å². The molecule has 0 aromatic carbocycles. The van der Waals surface area contributed by atoms with Crippen molar-refractivity contribution < 1.29 is 4.74 Å². The van der Waals surface area contributed by atoms with Crippen molar-refractivity contribution in [3.8, 4) is 17.0 Å². The third-order valence-corrected chi connectivity index (χ3v) is 5.76. The summed E-state index contributed by atoms with van der Waals surface area (Å²) in [6, 6.07) is 4.11. The van der Waals surface area contributed by atoms with E-state index in [1.54, 1.807) is 14.2 Å². The molecule has 0 radical (unpaired) electrons. The van der Waals surface area contributed by atoms with Gasteiger partial charge in [0.15, 0.2) is 0 Å². The molecule has 0 spiro atoms. The number of ether oxygens (including phenoxy) is 1. The molecule has 1 aliphatic heterocycles. The van der Waals surface area contributed by atoms with Crippen LogP contribution in [0.5, 0.6) is 5.88 Å². The van der Waals surface area contributed by atoms with E-state index in [2.05, 4.69) is 26.0 Å². The summed E-state index contributed by atoms with van der Waals surface area (Å²) in [6.45, 7) is 5.52. The third-order valence-electron chi connectivity index (χ3n) is 5.76. The zero-order chi connectivity index (χ0) is 21.7. The van der Waals surface area contributed by atoms with Gasteiger partial charge in [0, 0.05) is 73.6 Å². The van der Waals surface area contributed by atoms with Crippen molar-refractivity contribution in [2.75, 3.05) is 18.6 Å². The van der Waals surface area contributed by atoms with Gasteiger partial charge in [-0.25, -0.2) is 18.9 Å². The molecule has 0 fully saturated rings. The Morgan fingerprint density at radius 1 is 1.10 bits per heavy atom. The summed E-state index contributed by atoms with van der Waals surface area (Å²) in [6.07, 6.45) is 6.39. The van der Waals surface area contributed by atoms with E-state index in [0.29, 0.717) is 18.2 Å². The average Bonchev–Trinajstić information content (AvgIpc) is 3.05. The number of pyridine rings is 2. The van der Waals surface area contributed by atoms with Gasteiger partial charge >= 0.3 is 5.69 Å². The summed E-state index contributed by atoms with van der Waals surface area (Å²) in [5.74, 6) is 1.85. The number of anilines is 1. The van der Waals surface area contributed by atoms with E-state index in [1.807, 2.05) is 38.5 Å². The molecule has 4 aromatic rings.